The summed E-state index contributed by atoms with van der Waals surface area (Å²) in [6.45, 7) is 25.5. The molecule has 9 aliphatic rings. The van der Waals surface area contributed by atoms with Gasteiger partial charge in [0.1, 0.15) is 91.6 Å². The molecule has 57 atom stereocenters. The molecule has 9 heterocycles. The quantitative estimate of drug-likeness (QED) is 0.0199. The average Bonchev–Trinajstić information content (AvgIpc) is 0.750. The van der Waals surface area contributed by atoms with E-state index in [1.807, 2.05) is 27.7 Å². The minimum atomic E-state index is -2.99. The zero-order chi connectivity index (χ0) is 107. The molecule has 8 fully saturated rings. The van der Waals surface area contributed by atoms with E-state index in [9.17, 15) is 127 Å². The van der Waals surface area contributed by atoms with E-state index in [0.29, 0.717) is 32.1 Å². The molecule has 0 aliphatic carbocycles. The Balaban J connectivity index is 1.00. The molecule has 840 valence electrons. The van der Waals surface area contributed by atoms with Crippen molar-refractivity contribution >= 4 is 5.97 Å². The second kappa shape index (κ2) is 56.4. The van der Waals surface area contributed by atoms with Crippen molar-refractivity contribution in [3.8, 4) is 0 Å². The molecule has 8 saturated heterocycles. The molecule has 0 aromatic rings. The normalized spacial score (nSPS) is 47.7. The second-order valence-corrected chi connectivity index (χ2v) is 43.5. The van der Waals surface area contributed by atoms with Crippen LogP contribution in [0, 0.1) is 47.3 Å². The summed E-state index contributed by atoms with van der Waals surface area (Å²) in [4.78, 5) is 14.5. The molecule has 57 unspecified atom stereocenters. The Morgan fingerprint density at radius 2 is 1.01 bits per heavy atom. The zero-order valence-corrected chi connectivity index (χ0v) is 86.3. The maximum atomic E-state index is 14.5. The van der Waals surface area contributed by atoms with E-state index in [-0.39, 0.29) is 82.0 Å². The van der Waals surface area contributed by atoms with Crippen LogP contribution in [0.4, 0.5) is 0 Å². The van der Waals surface area contributed by atoms with Crippen molar-refractivity contribution in [1.29, 1.82) is 0 Å². The van der Waals surface area contributed by atoms with Gasteiger partial charge >= 0.3 is 5.97 Å². The smallest absolute Gasteiger partial charge is 0.312 e. The van der Waals surface area contributed by atoms with Gasteiger partial charge in [0, 0.05) is 86.2 Å². The number of fused-ring (bicyclic) bond motifs is 2. The molecular formula is C100H179N3O41. The van der Waals surface area contributed by atoms with E-state index in [1.54, 1.807) is 53.7 Å². The maximum absolute atomic E-state index is 14.5. The second-order valence-electron chi connectivity index (χ2n) is 43.5. The highest BCUT2D eigenvalue weighted by Gasteiger charge is 2.60. The van der Waals surface area contributed by atoms with Crippen LogP contribution >= 0.6 is 0 Å². The van der Waals surface area contributed by atoms with Crippen LogP contribution in [0.5, 0.6) is 0 Å². The number of esters is 1. The number of aliphatic hydroxyl groups is 24. The summed E-state index contributed by atoms with van der Waals surface area (Å²) in [6.07, 6.45) is -56.9. The monoisotopic (exact) mass is 2080 g/mol. The first-order chi connectivity index (χ1) is 67.5. The van der Waals surface area contributed by atoms with Gasteiger partial charge in [-0.15, -0.1) is 0 Å². The Labute approximate surface area is 845 Å². The fraction of sp³-hybridized carbons (Fsp3) is 0.930. The summed E-state index contributed by atoms with van der Waals surface area (Å²) in [5, 5.41) is 278. The van der Waals surface area contributed by atoms with Gasteiger partial charge in [-0.25, -0.2) is 0 Å². The van der Waals surface area contributed by atoms with Gasteiger partial charge in [-0.05, 0) is 137 Å². The number of nitrogens with two attached hydrogens (primary N) is 3. The average molecular weight is 2080 g/mol. The number of unbranched alkanes of at least 4 members (excludes halogenated alkanes) is 1. The standard InChI is InChI=1S/C100H179N3O41/c1-17-61-66(111)28-22-26-57(105)33-59(107)31-29-44(3)72(138-98-91(143-95-85(122)83(120)80(117)53(12)133-95)90(141-75-38-63(102)79(116)52(11)131-75)88(55(14)135-98)142-97-87(124)89(81(118)54(13)134-97)140-74-37-62(101)78(115)51(10)130-74)40-100(128)93(126)68(113)39-71(144-100)49(8)70(137-96-86(123)84(121)82(119)73(42-104)139-96)36-60(108)34-67(112)48(7)64(109)27-21-19-23-43(2)69(136-94(61)127)35-58(106)25-20-18-24-45(4)77(114)46(5)30-32-65(110)47(6)50(9)129-76-41-99(16,103)92(125)56(15)132-76/h19,21-23,27-28,43-93,95-98,104-126,128H,17-18,20,24-26,29-42,101-103H2,1-16H3. The van der Waals surface area contributed by atoms with Crippen LogP contribution in [0.1, 0.15) is 233 Å². The van der Waals surface area contributed by atoms with E-state index in [2.05, 4.69) is 0 Å². The summed E-state index contributed by atoms with van der Waals surface area (Å²) >= 11 is 0. The van der Waals surface area contributed by atoms with Crippen molar-refractivity contribution in [3.05, 3.63) is 36.5 Å². The van der Waals surface area contributed by atoms with Crippen molar-refractivity contribution in [2.45, 2.75) is 532 Å². The minimum absolute atomic E-state index is 0.0551. The summed E-state index contributed by atoms with van der Waals surface area (Å²) in [5.74, 6) is -9.59. The van der Waals surface area contributed by atoms with Crippen LogP contribution in [-0.4, -0.2) is 435 Å². The number of rotatable bonds is 30. The van der Waals surface area contributed by atoms with Crippen LogP contribution in [0.25, 0.3) is 0 Å². The first kappa shape index (κ1) is 124. The van der Waals surface area contributed by atoms with E-state index in [4.69, 9.17) is 93.0 Å². The van der Waals surface area contributed by atoms with Gasteiger partial charge in [0.2, 0.25) is 0 Å². The number of cyclic esters (lactones) is 1. The lowest BCUT2D eigenvalue weighted by Gasteiger charge is -2.52. The summed E-state index contributed by atoms with van der Waals surface area (Å²) in [5.41, 5.74) is 18.3. The number of carbonyl (C=O) groups excluding carboxylic acids is 1. The third-order valence-electron chi connectivity index (χ3n) is 31.5. The van der Waals surface area contributed by atoms with Gasteiger partial charge in [-0.2, -0.15) is 0 Å². The van der Waals surface area contributed by atoms with Crippen LogP contribution in [0.3, 0.4) is 0 Å². The molecule has 0 aromatic heterocycles. The van der Waals surface area contributed by atoms with Crippen molar-refractivity contribution in [2.24, 2.45) is 64.5 Å². The molecule has 9 aliphatic heterocycles. The number of hydrogen-bond donors (Lipinski definition) is 27. The number of ether oxygens (including phenoxy) is 16. The lowest BCUT2D eigenvalue weighted by molar-refractivity contribution is -0.407. The topological polar surface area (TPSA) is 728 Å². The van der Waals surface area contributed by atoms with E-state index >= 15 is 0 Å². The van der Waals surface area contributed by atoms with Crippen molar-refractivity contribution in [3.63, 3.8) is 0 Å². The molecule has 30 N–H and O–H groups in total. The lowest BCUT2D eigenvalue weighted by atomic mass is 9.82. The predicted octanol–water partition coefficient (Wildman–Crippen LogP) is -2.62. The summed E-state index contributed by atoms with van der Waals surface area (Å²) in [6, 6.07) is -1.87. The SMILES string of the molecule is CCC1C(=O)OC(CC(O)CCCCC(C)C(O)C(C)CCC(O)C(C)C(C)OC2CC(C)(N)C(O)C(C)O2)C(C)C=CC=CC(O)C(C)C(O)CC(O)CC(OC2OC(CO)C(O)C(O)C2O)C(C)C2CC(O)C(O)C(O)(CC(OC3OC(C)C(OC4OC(C)C(O)C(OC5CC(N)C(O)C(C)O5)C4O)C(OC4CC(N)C(O)C(C)O4)C3OC3OC(C)C(O)C(O)C3O)C(C)CCC(O)CC(O)CC=CC1O)O2. The highest BCUT2D eigenvalue weighted by atomic mass is 16.8. The lowest BCUT2D eigenvalue weighted by Crippen LogP contribution is -2.67. The minimum Gasteiger partial charge on any atom is -0.461 e. The Morgan fingerprint density at radius 1 is 0.465 bits per heavy atom. The first-order valence-corrected chi connectivity index (χ1v) is 52.2. The molecule has 44 nitrogen and oxygen atoms in total. The van der Waals surface area contributed by atoms with Crippen molar-refractivity contribution in [1.82, 2.24) is 0 Å². The number of aliphatic hydroxyl groups excluding tert-OH is 23. The first-order valence-electron chi connectivity index (χ1n) is 52.2. The van der Waals surface area contributed by atoms with E-state index < -0.39 is 367 Å². The molecule has 2 bridgehead atoms. The zero-order valence-electron chi connectivity index (χ0n) is 86.3. The fourth-order valence-electron chi connectivity index (χ4n) is 20.9. The van der Waals surface area contributed by atoms with Crippen LogP contribution in [-0.2, 0) is 80.6 Å². The highest BCUT2D eigenvalue weighted by molar-refractivity contribution is 5.73. The number of allylic oxidation sites excluding steroid dienone is 2. The Morgan fingerprint density at radius 3 is 1.62 bits per heavy atom. The molecule has 0 spiro atoms. The predicted molar refractivity (Wildman–Crippen MR) is 510 cm³/mol. The van der Waals surface area contributed by atoms with Crippen LogP contribution < -0.4 is 17.2 Å². The summed E-state index contributed by atoms with van der Waals surface area (Å²) < 4.78 is 102. The molecule has 9 rings (SSSR count). The molecule has 0 saturated carbocycles. The molecule has 144 heavy (non-hydrogen) atoms. The number of carbonyl (C=O) groups is 1. The molecular weight excluding hydrogens is 1900 g/mol. The molecule has 44 heteroatoms. The van der Waals surface area contributed by atoms with Gasteiger partial charge in [-0.1, -0.05) is 105 Å². The van der Waals surface area contributed by atoms with Gasteiger partial charge in [0.05, 0.1) is 153 Å². The van der Waals surface area contributed by atoms with Crippen LogP contribution in [0.15, 0.2) is 36.5 Å². The van der Waals surface area contributed by atoms with Gasteiger partial charge in [0.15, 0.2) is 49.8 Å². The molecule has 0 aromatic carbocycles. The fourth-order valence-corrected chi connectivity index (χ4v) is 20.9. The Bertz CT molecular complexity index is 3780. The number of hydrogen-bond acceptors (Lipinski definition) is 44. The van der Waals surface area contributed by atoms with Crippen molar-refractivity contribution in [2.75, 3.05) is 6.61 Å². The summed E-state index contributed by atoms with van der Waals surface area (Å²) in [7, 11) is 0. The van der Waals surface area contributed by atoms with Gasteiger partial charge in [0.25, 0.3) is 0 Å². The van der Waals surface area contributed by atoms with E-state index in [1.165, 1.54) is 65.8 Å². The largest absolute Gasteiger partial charge is 0.461 e. The van der Waals surface area contributed by atoms with Gasteiger partial charge in [-0.3, -0.25) is 4.79 Å². The van der Waals surface area contributed by atoms with Crippen LogP contribution in [0.2, 0.25) is 0 Å². The molecule has 0 amide bonds. The Hall–Kier alpha value is -2.99. The Kier molecular flexibility index (Phi) is 48.8. The third kappa shape index (κ3) is 33.3. The third-order valence-corrected chi connectivity index (χ3v) is 31.5. The van der Waals surface area contributed by atoms with E-state index in [0.717, 1.165) is 0 Å². The maximum Gasteiger partial charge on any atom is 0.312 e. The van der Waals surface area contributed by atoms with Crippen molar-refractivity contribution < 1.29 is 203 Å². The van der Waals surface area contributed by atoms with Gasteiger partial charge < -0.3 is 216 Å². The molecule has 0 radical (unpaired) electrons. The highest BCUT2D eigenvalue weighted by Crippen LogP contribution is 2.45.